The number of nitrogens with zero attached hydrogens (tertiary/aromatic N) is 6. The van der Waals surface area contributed by atoms with Gasteiger partial charge in [-0.3, -0.25) is 14.6 Å². The number of piperazine rings is 1. The highest BCUT2D eigenvalue weighted by atomic mass is 16.5. The predicted octanol–water partition coefficient (Wildman–Crippen LogP) is -0.468. The Bertz CT molecular complexity index is 587. The first-order valence-electron chi connectivity index (χ1n) is 9.63. The van der Waals surface area contributed by atoms with E-state index in [9.17, 15) is 4.79 Å². The van der Waals surface area contributed by atoms with Crippen molar-refractivity contribution >= 4 is 11.9 Å². The van der Waals surface area contributed by atoms with Gasteiger partial charge in [-0.1, -0.05) is 0 Å². The van der Waals surface area contributed by atoms with Crippen LogP contribution in [0.15, 0.2) is 18.5 Å². The Morgan fingerprint density at radius 3 is 2.58 bits per heavy atom. The van der Waals surface area contributed by atoms with E-state index >= 15 is 0 Å². The maximum Gasteiger partial charge on any atom is 0.248 e. The second-order valence-electron chi connectivity index (χ2n) is 7.27. The zero-order valence-electron chi connectivity index (χ0n) is 15.3. The summed E-state index contributed by atoms with van der Waals surface area (Å²) in [5.74, 6) is 0.979. The first kappa shape index (κ1) is 17.6. The number of carbonyl (C=O) groups is 1. The Labute approximate surface area is 154 Å². The highest BCUT2D eigenvalue weighted by molar-refractivity contribution is 5.77. The molecule has 4 rings (SSSR count). The average molecular weight is 360 g/mol. The highest BCUT2D eigenvalue weighted by Crippen LogP contribution is 2.18. The van der Waals surface area contributed by atoms with Crippen molar-refractivity contribution < 1.29 is 9.53 Å². The second kappa shape index (κ2) is 8.28. The molecule has 3 saturated heterocycles. The fraction of sp³-hybridized carbons (Fsp3) is 0.722. The molecule has 142 valence electrons. The van der Waals surface area contributed by atoms with Gasteiger partial charge in [0, 0.05) is 83.9 Å². The molecule has 0 spiro atoms. The van der Waals surface area contributed by atoms with Crippen molar-refractivity contribution in [2.75, 3.05) is 77.0 Å². The van der Waals surface area contributed by atoms with Gasteiger partial charge in [0.15, 0.2) is 0 Å². The molecule has 0 unspecified atom stereocenters. The number of amides is 1. The van der Waals surface area contributed by atoms with Crippen molar-refractivity contribution in [1.29, 1.82) is 0 Å². The van der Waals surface area contributed by atoms with E-state index in [0.29, 0.717) is 12.6 Å². The van der Waals surface area contributed by atoms with Gasteiger partial charge < -0.3 is 14.5 Å². The Balaban J connectivity index is 1.16. The summed E-state index contributed by atoms with van der Waals surface area (Å²) in [5, 5.41) is 0. The number of hydrogen-bond acceptors (Lipinski definition) is 7. The number of anilines is 1. The van der Waals surface area contributed by atoms with E-state index in [1.807, 2.05) is 11.0 Å². The molecule has 0 N–H and O–H groups in total. The van der Waals surface area contributed by atoms with Crippen molar-refractivity contribution in [2.24, 2.45) is 0 Å². The van der Waals surface area contributed by atoms with Gasteiger partial charge in [0.25, 0.3) is 0 Å². The molecule has 3 aliphatic rings. The molecule has 1 aromatic heterocycles. The number of carbonyl (C=O) groups excluding carboxylic acids is 1. The van der Waals surface area contributed by atoms with Crippen molar-refractivity contribution in [3.8, 4) is 0 Å². The van der Waals surface area contributed by atoms with Gasteiger partial charge in [-0.15, -0.1) is 0 Å². The summed E-state index contributed by atoms with van der Waals surface area (Å²) >= 11 is 0. The van der Waals surface area contributed by atoms with E-state index in [1.165, 1.54) is 0 Å². The minimum atomic E-state index is 0.138. The van der Waals surface area contributed by atoms with Crippen molar-refractivity contribution in [1.82, 2.24) is 24.7 Å². The molecular weight excluding hydrogens is 332 g/mol. The summed E-state index contributed by atoms with van der Waals surface area (Å²) < 4.78 is 5.30. The molecule has 0 atom stereocenters. The molecule has 0 saturated carbocycles. The fourth-order valence-electron chi connectivity index (χ4n) is 3.93. The smallest absolute Gasteiger partial charge is 0.248 e. The lowest BCUT2D eigenvalue weighted by molar-refractivity contribution is -0.134. The number of rotatable bonds is 5. The van der Waals surface area contributed by atoms with Crippen LogP contribution in [-0.2, 0) is 9.53 Å². The predicted molar refractivity (Wildman–Crippen MR) is 98.1 cm³/mol. The van der Waals surface area contributed by atoms with Gasteiger partial charge in [-0.2, -0.15) is 0 Å². The average Bonchev–Trinajstić information content (AvgIpc) is 2.86. The molecule has 1 amide bonds. The summed E-state index contributed by atoms with van der Waals surface area (Å²) in [5.41, 5.74) is 0. The molecule has 26 heavy (non-hydrogen) atoms. The molecule has 0 aromatic carbocycles. The first-order chi connectivity index (χ1) is 12.8. The Kier molecular flexibility index (Phi) is 5.62. The third-order valence-electron chi connectivity index (χ3n) is 5.58. The van der Waals surface area contributed by atoms with Crippen LogP contribution in [0.1, 0.15) is 6.42 Å². The zero-order valence-corrected chi connectivity index (χ0v) is 15.3. The molecule has 8 nitrogen and oxygen atoms in total. The largest absolute Gasteiger partial charge is 0.372 e. The van der Waals surface area contributed by atoms with Crippen LogP contribution < -0.4 is 4.90 Å². The van der Waals surface area contributed by atoms with E-state index in [0.717, 1.165) is 71.3 Å². The van der Waals surface area contributed by atoms with Crippen LogP contribution in [0.4, 0.5) is 5.95 Å². The topological polar surface area (TPSA) is 65.0 Å². The number of hydrogen-bond donors (Lipinski definition) is 0. The number of aromatic nitrogens is 2. The van der Waals surface area contributed by atoms with Gasteiger partial charge >= 0.3 is 0 Å². The van der Waals surface area contributed by atoms with Crippen LogP contribution in [0.2, 0.25) is 0 Å². The lowest BCUT2D eigenvalue weighted by Crippen LogP contribution is -2.63. The molecule has 8 heteroatoms. The van der Waals surface area contributed by atoms with Crippen LogP contribution in [-0.4, -0.2) is 109 Å². The lowest BCUT2D eigenvalue weighted by atomic mass is 10.1. The van der Waals surface area contributed by atoms with Crippen molar-refractivity contribution in [2.45, 2.75) is 12.5 Å². The van der Waals surface area contributed by atoms with Gasteiger partial charge in [-0.05, 0) is 12.5 Å². The maximum atomic E-state index is 12.0. The SMILES string of the molecule is O=C1COCCCN1CCN1CC(N2CCN(c3ncccn3)CC2)C1. The molecule has 0 bridgehead atoms. The van der Waals surface area contributed by atoms with Gasteiger partial charge in [0.1, 0.15) is 6.61 Å². The molecule has 4 heterocycles. The van der Waals surface area contributed by atoms with E-state index in [1.54, 1.807) is 12.4 Å². The Hall–Kier alpha value is -1.77. The van der Waals surface area contributed by atoms with E-state index in [-0.39, 0.29) is 12.5 Å². The molecule has 0 aliphatic carbocycles. The zero-order chi connectivity index (χ0) is 17.8. The molecule has 1 aromatic rings. The van der Waals surface area contributed by atoms with Crippen LogP contribution in [0.5, 0.6) is 0 Å². The van der Waals surface area contributed by atoms with Crippen LogP contribution >= 0.6 is 0 Å². The minimum absolute atomic E-state index is 0.138. The second-order valence-corrected chi connectivity index (χ2v) is 7.27. The van der Waals surface area contributed by atoms with E-state index < -0.39 is 0 Å². The van der Waals surface area contributed by atoms with Gasteiger partial charge in [0.2, 0.25) is 11.9 Å². The summed E-state index contributed by atoms with van der Waals surface area (Å²) in [7, 11) is 0. The highest BCUT2D eigenvalue weighted by Gasteiger charge is 2.34. The summed E-state index contributed by atoms with van der Waals surface area (Å²) in [6.07, 6.45) is 4.56. The first-order valence-corrected chi connectivity index (χ1v) is 9.63. The molecule has 3 fully saturated rings. The lowest BCUT2D eigenvalue weighted by Gasteiger charge is -2.48. The third-order valence-corrected chi connectivity index (χ3v) is 5.58. The number of ether oxygens (including phenoxy) is 1. The van der Waals surface area contributed by atoms with Crippen LogP contribution in [0.25, 0.3) is 0 Å². The Morgan fingerprint density at radius 1 is 1.04 bits per heavy atom. The quantitative estimate of drug-likeness (QED) is 0.703. The summed E-state index contributed by atoms with van der Waals surface area (Å²) in [4.78, 5) is 29.9. The van der Waals surface area contributed by atoms with Gasteiger partial charge in [-0.25, -0.2) is 9.97 Å². The summed E-state index contributed by atoms with van der Waals surface area (Å²) in [6.45, 7) is 9.92. The monoisotopic (exact) mass is 360 g/mol. The molecule has 0 radical (unpaired) electrons. The Morgan fingerprint density at radius 2 is 1.81 bits per heavy atom. The van der Waals surface area contributed by atoms with E-state index in [4.69, 9.17) is 4.74 Å². The normalized spacial score (nSPS) is 23.8. The minimum Gasteiger partial charge on any atom is -0.372 e. The number of likely N-dealkylation sites (tertiary alicyclic amines) is 1. The molecule has 3 aliphatic heterocycles. The van der Waals surface area contributed by atoms with E-state index in [2.05, 4.69) is 24.7 Å². The van der Waals surface area contributed by atoms with Crippen LogP contribution in [0, 0.1) is 0 Å². The maximum absolute atomic E-state index is 12.0. The summed E-state index contributed by atoms with van der Waals surface area (Å²) in [6, 6.07) is 2.51. The van der Waals surface area contributed by atoms with Gasteiger partial charge in [0.05, 0.1) is 0 Å². The van der Waals surface area contributed by atoms with Crippen LogP contribution in [0.3, 0.4) is 0 Å². The molecular formula is C18H28N6O2. The van der Waals surface area contributed by atoms with Crippen molar-refractivity contribution in [3.05, 3.63) is 18.5 Å². The van der Waals surface area contributed by atoms with Crippen molar-refractivity contribution in [3.63, 3.8) is 0 Å². The fourth-order valence-corrected chi connectivity index (χ4v) is 3.93. The third kappa shape index (κ3) is 4.13. The standard InChI is InChI=1S/C18H28N6O2/c25-17-15-26-12-2-5-23(17)7-6-21-13-16(14-21)22-8-10-24(11-9-22)18-19-3-1-4-20-18/h1,3-4,16H,2,5-15H2.